The van der Waals surface area contributed by atoms with Crippen LogP contribution >= 0.6 is 27.3 Å². The molecule has 2 N–H and O–H groups in total. The van der Waals surface area contributed by atoms with E-state index < -0.39 is 0 Å². The monoisotopic (exact) mass is 285 g/mol. The molecule has 1 nitrogen and oxygen atoms in total. The van der Waals surface area contributed by atoms with Crippen molar-refractivity contribution in [2.24, 2.45) is 5.73 Å². The van der Waals surface area contributed by atoms with Gasteiger partial charge in [-0.3, -0.25) is 0 Å². The third kappa shape index (κ3) is 2.12. The number of hydrogen-bond acceptors (Lipinski definition) is 2. The maximum atomic E-state index is 13.6. The minimum absolute atomic E-state index is 0.213. The van der Waals surface area contributed by atoms with Gasteiger partial charge in [0, 0.05) is 16.6 Å². The zero-order valence-corrected chi connectivity index (χ0v) is 10.2. The van der Waals surface area contributed by atoms with E-state index in [4.69, 9.17) is 5.73 Å². The number of halogens is 2. The first kappa shape index (κ1) is 10.8. The number of thiophene rings is 1. The molecule has 4 heteroatoms. The second kappa shape index (κ2) is 4.43. The zero-order valence-electron chi connectivity index (χ0n) is 7.84. The smallest absolute Gasteiger partial charge is 0.131 e. The van der Waals surface area contributed by atoms with Crippen LogP contribution in [-0.4, -0.2) is 0 Å². The summed E-state index contributed by atoms with van der Waals surface area (Å²) in [6.45, 7) is 0.427. The molecule has 0 saturated carbocycles. The summed E-state index contributed by atoms with van der Waals surface area (Å²) in [6.07, 6.45) is 0. The molecule has 0 aliphatic heterocycles. The molecule has 1 aromatic heterocycles. The topological polar surface area (TPSA) is 26.0 Å². The normalized spacial score (nSPS) is 10.6. The van der Waals surface area contributed by atoms with Crippen molar-refractivity contribution in [2.75, 3.05) is 0 Å². The Morgan fingerprint density at radius 2 is 2.13 bits per heavy atom. The van der Waals surface area contributed by atoms with E-state index in [2.05, 4.69) is 15.9 Å². The molecule has 2 rings (SSSR count). The van der Waals surface area contributed by atoms with Gasteiger partial charge in [-0.1, -0.05) is 6.07 Å². The lowest BCUT2D eigenvalue weighted by Gasteiger charge is -2.04. The maximum absolute atomic E-state index is 13.6. The summed E-state index contributed by atoms with van der Waals surface area (Å²) >= 11 is 4.90. The zero-order chi connectivity index (χ0) is 10.8. The third-order valence-electron chi connectivity index (χ3n) is 2.13. The second-order valence-electron chi connectivity index (χ2n) is 3.12. The molecule has 2 aromatic rings. The Balaban J connectivity index is 2.56. The number of benzene rings is 1. The van der Waals surface area contributed by atoms with E-state index in [1.165, 1.54) is 17.4 Å². The first-order chi connectivity index (χ1) is 7.22. The van der Waals surface area contributed by atoms with Crippen LogP contribution in [0.15, 0.2) is 34.1 Å². The summed E-state index contributed by atoms with van der Waals surface area (Å²) < 4.78 is 14.5. The van der Waals surface area contributed by atoms with Crippen LogP contribution in [0.4, 0.5) is 4.39 Å². The number of nitrogens with two attached hydrogens (primary N) is 1. The van der Waals surface area contributed by atoms with E-state index in [0.29, 0.717) is 12.1 Å². The first-order valence-corrected chi connectivity index (χ1v) is 6.11. The van der Waals surface area contributed by atoms with Gasteiger partial charge < -0.3 is 5.73 Å². The molecule has 0 saturated heterocycles. The molecule has 1 heterocycles. The Hall–Kier alpha value is -0.710. The molecule has 78 valence electrons. The minimum Gasteiger partial charge on any atom is -0.326 e. The van der Waals surface area contributed by atoms with E-state index in [1.54, 1.807) is 12.1 Å². The van der Waals surface area contributed by atoms with Crippen molar-refractivity contribution in [3.63, 3.8) is 0 Å². The quantitative estimate of drug-likeness (QED) is 0.893. The molecule has 1 aromatic carbocycles. The van der Waals surface area contributed by atoms with Gasteiger partial charge in [-0.2, -0.15) is 0 Å². The molecule has 15 heavy (non-hydrogen) atoms. The van der Waals surface area contributed by atoms with Crippen LogP contribution in [0.3, 0.4) is 0 Å². The van der Waals surface area contributed by atoms with Crippen molar-refractivity contribution >= 4 is 27.3 Å². The molecule has 0 fully saturated rings. The fraction of sp³-hybridized carbons (Fsp3) is 0.0909. The molecule has 0 atom stereocenters. The van der Waals surface area contributed by atoms with Crippen molar-refractivity contribution in [3.05, 3.63) is 45.5 Å². The van der Waals surface area contributed by atoms with Crippen molar-refractivity contribution in [1.82, 2.24) is 0 Å². The summed E-state index contributed by atoms with van der Waals surface area (Å²) in [5.41, 5.74) is 7.08. The fourth-order valence-corrected chi connectivity index (χ4v) is 2.96. The summed E-state index contributed by atoms with van der Waals surface area (Å²) in [7, 11) is 0. The molecular formula is C11H9BrFNS. The predicted molar refractivity (Wildman–Crippen MR) is 65.3 cm³/mol. The lowest BCUT2D eigenvalue weighted by molar-refractivity contribution is 0.631. The summed E-state index contributed by atoms with van der Waals surface area (Å²) in [5.74, 6) is -0.213. The van der Waals surface area contributed by atoms with Gasteiger partial charge in [0.15, 0.2) is 0 Å². The molecule has 0 aliphatic carbocycles. The standard InChI is InChI=1S/C11H9BrFNS/c12-9-3-4-15-11(9)8-5-7(6-14)1-2-10(8)13/h1-5H,6,14H2. The molecule has 0 bridgehead atoms. The van der Waals surface area contributed by atoms with Gasteiger partial charge in [-0.05, 0) is 45.1 Å². The molecule has 0 spiro atoms. The Labute approximate surface area is 99.9 Å². The number of rotatable bonds is 2. The van der Waals surface area contributed by atoms with Crippen LogP contribution in [0.1, 0.15) is 5.56 Å². The summed E-state index contributed by atoms with van der Waals surface area (Å²) in [6, 6.07) is 6.88. The average molecular weight is 286 g/mol. The highest BCUT2D eigenvalue weighted by Gasteiger charge is 2.10. The van der Waals surface area contributed by atoms with Crippen LogP contribution in [0.25, 0.3) is 10.4 Å². The number of hydrogen-bond donors (Lipinski definition) is 1. The van der Waals surface area contributed by atoms with Crippen LogP contribution < -0.4 is 5.73 Å². The van der Waals surface area contributed by atoms with Crippen molar-refractivity contribution in [3.8, 4) is 10.4 Å². The van der Waals surface area contributed by atoms with Crippen LogP contribution in [0.2, 0.25) is 0 Å². The van der Waals surface area contributed by atoms with Gasteiger partial charge in [0.1, 0.15) is 5.82 Å². The van der Waals surface area contributed by atoms with Gasteiger partial charge in [-0.15, -0.1) is 11.3 Å². The first-order valence-electron chi connectivity index (χ1n) is 4.44. The van der Waals surface area contributed by atoms with E-state index in [9.17, 15) is 4.39 Å². The highest BCUT2D eigenvalue weighted by molar-refractivity contribution is 9.10. The van der Waals surface area contributed by atoms with E-state index in [-0.39, 0.29) is 5.82 Å². The SMILES string of the molecule is NCc1ccc(F)c(-c2sccc2Br)c1. The van der Waals surface area contributed by atoms with Gasteiger partial charge in [0.25, 0.3) is 0 Å². The van der Waals surface area contributed by atoms with Crippen LogP contribution in [-0.2, 0) is 6.54 Å². The van der Waals surface area contributed by atoms with E-state index >= 15 is 0 Å². The molecule has 0 radical (unpaired) electrons. The molecular weight excluding hydrogens is 277 g/mol. The van der Waals surface area contributed by atoms with Gasteiger partial charge in [0.2, 0.25) is 0 Å². The Morgan fingerprint density at radius 3 is 2.73 bits per heavy atom. The van der Waals surface area contributed by atoms with Crippen molar-refractivity contribution < 1.29 is 4.39 Å². The van der Waals surface area contributed by atoms with Crippen molar-refractivity contribution in [1.29, 1.82) is 0 Å². The summed E-state index contributed by atoms with van der Waals surface area (Å²) in [5, 5.41) is 1.92. The van der Waals surface area contributed by atoms with Crippen LogP contribution in [0.5, 0.6) is 0 Å². The molecule has 0 unspecified atom stereocenters. The molecule has 0 amide bonds. The predicted octanol–water partition coefficient (Wildman–Crippen LogP) is 3.78. The Morgan fingerprint density at radius 1 is 1.33 bits per heavy atom. The maximum Gasteiger partial charge on any atom is 0.131 e. The lowest BCUT2D eigenvalue weighted by atomic mass is 10.1. The highest BCUT2D eigenvalue weighted by Crippen LogP contribution is 2.35. The molecule has 0 aliphatic rings. The second-order valence-corrected chi connectivity index (χ2v) is 4.89. The average Bonchev–Trinajstić information content (AvgIpc) is 2.65. The van der Waals surface area contributed by atoms with E-state index in [1.807, 2.05) is 11.4 Å². The highest BCUT2D eigenvalue weighted by atomic mass is 79.9. The third-order valence-corrected chi connectivity index (χ3v) is 4.00. The Bertz CT molecular complexity index is 481. The van der Waals surface area contributed by atoms with Gasteiger partial charge in [0.05, 0.1) is 4.88 Å². The fourth-order valence-electron chi connectivity index (χ4n) is 1.36. The largest absolute Gasteiger partial charge is 0.326 e. The van der Waals surface area contributed by atoms with Crippen molar-refractivity contribution in [2.45, 2.75) is 6.54 Å². The van der Waals surface area contributed by atoms with Crippen LogP contribution in [0, 0.1) is 5.82 Å². The van der Waals surface area contributed by atoms with Gasteiger partial charge >= 0.3 is 0 Å². The Kier molecular flexibility index (Phi) is 3.19. The minimum atomic E-state index is -0.213. The van der Waals surface area contributed by atoms with Gasteiger partial charge in [-0.25, -0.2) is 4.39 Å². The summed E-state index contributed by atoms with van der Waals surface area (Å²) in [4.78, 5) is 0.905. The lowest BCUT2D eigenvalue weighted by Crippen LogP contribution is -1.97. The van der Waals surface area contributed by atoms with E-state index in [0.717, 1.165) is 14.9 Å².